The van der Waals surface area contributed by atoms with E-state index in [9.17, 15) is 15.0 Å². The number of para-hydroxylation sites is 2. The van der Waals surface area contributed by atoms with E-state index in [-0.39, 0.29) is 5.91 Å². The van der Waals surface area contributed by atoms with Gasteiger partial charge in [0.1, 0.15) is 18.3 Å². The lowest BCUT2D eigenvalue weighted by atomic mass is 9.96. The zero-order chi connectivity index (χ0) is 24.0. The number of H-pyrrole nitrogens is 1. The molecule has 2 aliphatic heterocycles. The van der Waals surface area contributed by atoms with E-state index in [4.69, 9.17) is 9.47 Å². The molecule has 1 fully saturated rings. The van der Waals surface area contributed by atoms with Crippen LogP contribution in [-0.2, 0) is 16.0 Å². The average Bonchev–Trinajstić information content (AvgIpc) is 3.53. The Kier molecular flexibility index (Phi) is 4.35. The van der Waals surface area contributed by atoms with Gasteiger partial charge in [-0.05, 0) is 24.6 Å². The fourth-order valence-electron chi connectivity index (χ4n) is 6.10. The van der Waals surface area contributed by atoms with Crippen molar-refractivity contribution in [3.05, 3.63) is 59.7 Å². The second-order valence-corrected chi connectivity index (χ2v) is 9.48. The van der Waals surface area contributed by atoms with Crippen LogP contribution in [0, 0.1) is 0 Å². The molecule has 1 saturated heterocycles. The van der Waals surface area contributed by atoms with Crippen LogP contribution in [0.15, 0.2) is 48.5 Å². The summed E-state index contributed by atoms with van der Waals surface area (Å²) in [5.41, 5.74) is 5.21. The Morgan fingerprint density at radius 2 is 1.77 bits per heavy atom. The number of aliphatic hydroxyl groups is 2. The number of nitrogens with one attached hydrogen (secondary N) is 2. The van der Waals surface area contributed by atoms with E-state index in [0.29, 0.717) is 12.1 Å². The third kappa shape index (κ3) is 2.62. The predicted molar refractivity (Wildman–Crippen MR) is 132 cm³/mol. The summed E-state index contributed by atoms with van der Waals surface area (Å²) in [5, 5.41) is 28.2. The zero-order valence-corrected chi connectivity index (χ0v) is 19.3. The molecule has 8 nitrogen and oxygen atoms in total. The molecule has 35 heavy (non-hydrogen) atoms. The number of aromatic nitrogens is 2. The summed E-state index contributed by atoms with van der Waals surface area (Å²) in [7, 11) is 1.50. The summed E-state index contributed by atoms with van der Waals surface area (Å²) >= 11 is 0. The van der Waals surface area contributed by atoms with Gasteiger partial charge in [0.2, 0.25) is 0 Å². The van der Waals surface area contributed by atoms with Crippen molar-refractivity contribution in [1.82, 2.24) is 14.9 Å². The summed E-state index contributed by atoms with van der Waals surface area (Å²) in [6.45, 7) is 2.20. The summed E-state index contributed by atoms with van der Waals surface area (Å²) in [4.78, 5) is 16.8. The van der Waals surface area contributed by atoms with Crippen molar-refractivity contribution in [2.75, 3.05) is 7.11 Å². The number of methoxy groups -OCH3 is 1. The Bertz CT molecular complexity index is 1670. The normalized spacial score (nSPS) is 26.7. The van der Waals surface area contributed by atoms with Gasteiger partial charge in [-0.1, -0.05) is 36.4 Å². The lowest BCUT2D eigenvalue weighted by Gasteiger charge is -2.42. The third-order valence-corrected chi connectivity index (χ3v) is 7.69. The summed E-state index contributed by atoms with van der Waals surface area (Å²) in [6.07, 6.45) is -4.38. The smallest absolute Gasteiger partial charge is 0.252 e. The molecule has 5 aromatic rings. The topological polar surface area (TPSA) is 109 Å². The molecule has 0 bridgehead atoms. The Labute approximate surface area is 200 Å². The maximum absolute atomic E-state index is 13.2. The van der Waals surface area contributed by atoms with Crippen LogP contribution in [0.1, 0.15) is 29.1 Å². The van der Waals surface area contributed by atoms with Gasteiger partial charge in [0, 0.05) is 40.7 Å². The molecule has 0 saturated carbocycles. The van der Waals surface area contributed by atoms with Crippen LogP contribution in [0.3, 0.4) is 0 Å². The fraction of sp³-hybridized carbons (Fsp3) is 0.296. The predicted octanol–water partition coefficient (Wildman–Crippen LogP) is 3.33. The van der Waals surface area contributed by atoms with E-state index in [1.54, 1.807) is 6.92 Å². The number of carbonyl (C=O) groups is 1. The number of fused-ring (bicyclic) bond motifs is 10. The number of hydrogen-bond acceptors (Lipinski definition) is 5. The first-order valence-corrected chi connectivity index (χ1v) is 11.8. The lowest BCUT2D eigenvalue weighted by molar-refractivity contribution is -0.245. The van der Waals surface area contributed by atoms with E-state index < -0.39 is 30.6 Å². The summed E-state index contributed by atoms with van der Waals surface area (Å²) in [5.74, 6) is -0.100. The van der Waals surface area contributed by atoms with Crippen LogP contribution in [-0.4, -0.2) is 57.2 Å². The molecule has 0 aliphatic carbocycles. The molecular formula is C27H25N3O5. The van der Waals surface area contributed by atoms with Gasteiger partial charge in [-0.15, -0.1) is 0 Å². The first-order chi connectivity index (χ1) is 17.0. The molecule has 8 heteroatoms. The van der Waals surface area contributed by atoms with Crippen molar-refractivity contribution in [2.24, 2.45) is 0 Å². The molecule has 4 heterocycles. The number of benzene rings is 3. The van der Waals surface area contributed by atoms with Crippen LogP contribution in [0.2, 0.25) is 0 Å². The van der Waals surface area contributed by atoms with E-state index >= 15 is 0 Å². The number of aromatic amines is 1. The zero-order valence-electron chi connectivity index (χ0n) is 19.3. The highest BCUT2D eigenvalue weighted by Gasteiger charge is 2.45. The lowest BCUT2D eigenvalue weighted by Crippen LogP contribution is -2.55. The van der Waals surface area contributed by atoms with Crippen molar-refractivity contribution in [1.29, 1.82) is 0 Å². The van der Waals surface area contributed by atoms with Gasteiger partial charge in [0.15, 0.2) is 6.23 Å². The summed E-state index contributed by atoms with van der Waals surface area (Å²) in [6, 6.07) is 16.0. The van der Waals surface area contributed by atoms with E-state index in [2.05, 4.69) is 16.4 Å². The molecule has 5 atom stereocenters. The highest BCUT2D eigenvalue weighted by atomic mass is 16.6. The first-order valence-electron chi connectivity index (χ1n) is 11.8. The van der Waals surface area contributed by atoms with Crippen molar-refractivity contribution in [2.45, 2.75) is 44.1 Å². The monoisotopic (exact) mass is 471 g/mol. The molecule has 1 amide bonds. The van der Waals surface area contributed by atoms with Crippen LogP contribution >= 0.6 is 0 Å². The number of ether oxygens (including phenoxy) is 2. The van der Waals surface area contributed by atoms with E-state index in [1.807, 2.05) is 47.0 Å². The van der Waals surface area contributed by atoms with Crippen LogP contribution in [0.4, 0.5) is 0 Å². The van der Waals surface area contributed by atoms with Crippen LogP contribution in [0.25, 0.3) is 43.6 Å². The molecule has 2 aromatic heterocycles. The van der Waals surface area contributed by atoms with Gasteiger partial charge < -0.3 is 34.6 Å². The molecule has 2 aliphatic rings. The van der Waals surface area contributed by atoms with Crippen molar-refractivity contribution in [3.63, 3.8) is 0 Å². The number of carbonyl (C=O) groups excluding carboxylic acids is 1. The van der Waals surface area contributed by atoms with Gasteiger partial charge in [-0.3, -0.25) is 4.79 Å². The average molecular weight is 472 g/mol. The van der Waals surface area contributed by atoms with Gasteiger partial charge in [-0.2, -0.15) is 0 Å². The van der Waals surface area contributed by atoms with Crippen LogP contribution < -0.4 is 5.32 Å². The maximum Gasteiger partial charge on any atom is 0.252 e. The number of amides is 1. The highest BCUT2D eigenvalue weighted by molar-refractivity contribution is 6.30. The maximum atomic E-state index is 13.2. The van der Waals surface area contributed by atoms with Gasteiger partial charge in [0.25, 0.3) is 5.91 Å². The Balaban J connectivity index is 1.70. The Morgan fingerprint density at radius 3 is 2.57 bits per heavy atom. The molecule has 178 valence electrons. The third-order valence-electron chi connectivity index (χ3n) is 7.69. The standard InChI is InChI=1S/C27H25N3O5/c1-12-23(31)24(32)25(34-2)27(35-12)30-17-10-6-4-8-14(17)19-20-15(11-28-26(20)33)18-13-7-3-5-9-16(13)29-21(18)22(19)30/h3-10,12,23-25,27,29,31-32H,11H2,1-2H3,(H,28,33)/t12-,23+,24+,25+,27+/m0/s1. The number of nitrogens with zero attached hydrogens (tertiary/aromatic N) is 1. The summed E-state index contributed by atoms with van der Waals surface area (Å²) < 4.78 is 14.0. The van der Waals surface area contributed by atoms with Crippen LogP contribution in [0.5, 0.6) is 0 Å². The molecule has 0 unspecified atom stereocenters. The Morgan fingerprint density at radius 1 is 1.03 bits per heavy atom. The number of rotatable bonds is 2. The molecule has 4 N–H and O–H groups in total. The first kappa shape index (κ1) is 20.9. The minimum Gasteiger partial charge on any atom is -0.388 e. The molecule has 7 rings (SSSR count). The second kappa shape index (κ2) is 7.29. The SMILES string of the molecule is CO[C@@H]1[C@H](O)[C@H](O)[C@H](C)O[C@H]1n1c2ccccc2c2c3c(c4c5ccccc5[nH]c4c21)CNC3=O. The molecular weight excluding hydrogens is 446 g/mol. The molecule has 0 radical (unpaired) electrons. The van der Waals surface area contributed by atoms with E-state index in [1.165, 1.54) is 7.11 Å². The van der Waals surface area contributed by atoms with E-state index in [0.717, 1.165) is 49.2 Å². The largest absolute Gasteiger partial charge is 0.388 e. The van der Waals surface area contributed by atoms with Crippen molar-refractivity contribution in [3.8, 4) is 0 Å². The van der Waals surface area contributed by atoms with Gasteiger partial charge in [-0.25, -0.2) is 0 Å². The van der Waals surface area contributed by atoms with Gasteiger partial charge in [0.05, 0.1) is 28.2 Å². The second-order valence-electron chi connectivity index (χ2n) is 9.48. The van der Waals surface area contributed by atoms with Gasteiger partial charge >= 0.3 is 0 Å². The number of hydrogen-bond donors (Lipinski definition) is 4. The molecule has 0 spiro atoms. The molecule has 3 aromatic carbocycles. The van der Waals surface area contributed by atoms with Crippen molar-refractivity contribution < 1.29 is 24.5 Å². The highest BCUT2D eigenvalue weighted by Crippen LogP contribution is 2.46. The quantitative estimate of drug-likeness (QED) is 0.316. The Hall–Kier alpha value is -3.43. The fourth-order valence-corrected chi connectivity index (χ4v) is 6.10. The van der Waals surface area contributed by atoms with Crippen molar-refractivity contribution >= 4 is 49.5 Å². The minimum absolute atomic E-state index is 0.100. The minimum atomic E-state index is -1.14. The number of aliphatic hydroxyl groups excluding tert-OH is 2.